The molecule has 0 bridgehead atoms. The Hall–Kier alpha value is -3.06. The number of benzene rings is 2. The zero-order valence-electron chi connectivity index (χ0n) is 22.0. The van der Waals surface area contributed by atoms with Gasteiger partial charge in [-0.15, -0.1) is 0 Å². The van der Waals surface area contributed by atoms with Gasteiger partial charge in [0.05, 0.1) is 29.4 Å². The van der Waals surface area contributed by atoms with E-state index in [-0.39, 0.29) is 24.9 Å². The molecule has 2 aliphatic heterocycles. The molecular formula is C28H30ClN5O5S. The highest BCUT2D eigenvalue weighted by molar-refractivity contribution is 7.90. The van der Waals surface area contributed by atoms with Gasteiger partial charge in [-0.05, 0) is 29.2 Å². The van der Waals surface area contributed by atoms with E-state index in [9.17, 15) is 9.32 Å². The Morgan fingerprint density at radius 1 is 1.05 bits per heavy atom. The standard InChI is InChI=1S/C28H30ClN5O5S/c1-34(2)40(30,36)12-11-16-3-5-17(6-4-16)18-7-9-19(10-8-18)24-20(29)13-21-27(32-24)33-28(31-21)39-23-15-38-25-22(35)14-37-26(23)25/h3-10,13,22-23,25-26,30,35H,11-12,14-15H2,1-2H3,(H,31,32,33)/t22-,23-,25-,26-,40?/m1/s1. The normalized spacial score (nSPS) is 23.9. The monoisotopic (exact) mass is 583 g/mol. The first-order chi connectivity index (χ1) is 19.2. The summed E-state index contributed by atoms with van der Waals surface area (Å²) in [6.45, 7) is 0.537. The van der Waals surface area contributed by atoms with Crippen LogP contribution in [0.3, 0.4) is 0 Å². The molecular weight excluding hydrogens is 554 g/mol. The summed E-state index contributed by atoms with van der Waals surface area (Å²) in [4.78, 5) is 12.3. The third kappa shape index (κ3) is 5.32. The fourth-order valence-corrected chi connectivity index (χ4v) is 6.10. The lowest BCUT2D eigenvalue weighted by atomic mass is 10.0. The molecule has 2 aromatic heterocycles. The number of ether oxygens (including phenoxy) is 3. The molecule has 0 saturated carbocycles. The molecule has 4 heterocycles. The second-order valence-electron chi connectivity index (χ2n) is 10.2. The van der Waals surface area contributed by atoms with Crippen molar-refractivity contribution >= 4 is 32.7 Å². The number of aliphatic hydroxyl groups is 1. The highest BCUT2D eigenvalue weighted by Crippen LogP contribution is 2.33. The number of aromatic nitrogens is 3. The maximum absolute atomic E-state index is 12.3. The van der Waals surface area contributed by atoms with Crippen molar-refractivity contribution in [3.05, 3.63) is 65.2 Å². The Labute approximate surface area is 237 Å². The molecule has 10 nitrogen and oxygen atoms in total. The average molecular weight is 584 g/mol. The zero-order valence-corrected chi connectivity index (χ0v) is 23.6. The maximum Gasteiger partial charge on any atom is 0.296 e. The highest BCUT2D eigenvalue weighted by atomic mass is 35.5. The topological polar surface area (TPSA) is 134 Å². The van der Waals surface area contributed by atoms with Crippen LogP contribution in [-0.4, -0.2) is 86.1 Å². The Balaban J connectivity index is 1.16. The quantitative estimate of drug-likeness (QED) is 0.286. The van der Waals surface area contributed by atoms with Crippen LogP contribution in [0.2, 0.25) is 5.02 Å². The van der Waals surface area contributed by atoms with Crippen molar-refractivity contribution in [3.8, 4) is 28.4 Å². The second kappa shape index (κ2) is 10.7. The molecule has 210 valence electrons. The first-order valence-corrected chi connectivity index (χ1v) is 15.0. The minimum Gasteiger partial charge on any atom is -0.456 e. The highest BCUT2D eigenvalue weighted by Gasteiger charge is 2.48. The summed E-state index contributed by atoms with van der Waals surface area (Å²) in [6, 6.07) is 18.1. The molecule has 0 amide bonds. The molecule has 0 aliphatic carbocycles. The van der Waals surface area contributed by atoms with Crippen molar-refractivity contribution < 1.29 is 23.5 Å². The van der Waals surface area contributed by atoms with Gasteiger partial charge in [0.25, 0.3) is 6.01 Å². The van der Waals surface area contributed by atoms with Crippen LogP contribution in [0.1, 0.15) is 5.56 Å². The minimum atomic E-state index is -2.73. The fraction of sp³-hybridized carbons (Fsp3) is 0.357. The van der Waals surface area contributed by atoms with Crippen LogP contribution in [0.25, 0.3) is 33.5 Å². The molecule has 5 atom stereocenters. The van der Waals surface area contributed by atoms with Crippen LogP contribution in [0.5, 0.6) is 6.01 Å². The number of aryl methyl sites for hydroxylation is 1. The van der Waals surface area contributed by atoms with Gasteiger partial charge in [-0.1, -0.05) is 60.1 Å². The van der Waals surface area contributed by atoms with E-state index in [1.165, 1.54) is 4.31 Å². The number of pyridine rings is 1. The largest absolute Gasteiger partial charge is 0.456 e. The van der Waals surface area contributed by atoms with Crippen LogP contribution in [0, 0.1) is 4.78 Å². The summed E-state index contributed by atoms with van der Waals surface area (Å²) in [5, 5.41) is 10.4. The smallest absolute Gasteiger partial charge is 0.296 e. The molecule has 2 aromatic carbocycles. The molecule has 6 rings (SSSR count). The van der Waals surface area contributed by atoms with Gasteiger partial charge in [0, 0.05) is 25.4 Å². The molecule has 3 N–H and O–H groups in total. The van der Waals surface area contributed by atoms with Crippen LogP contribution >= 0.6 is 11.6 Å². The van der Waals surface area contributed by atoms with Gasteiger partial charge in [-0.2, -0.15) is 4.98 Å². The van der Waals surface area contributed by atoms with Crippen LogP contribution in [0.4, 0.5) is 0 Å². The number of halogens is 1. The lowest BCUT2D eigenvalue weighted by Crippen LogP contribution is -2.34. The number of imidazole rings is 1. The van der Waals surface area contributed by atoms with E-state index in [4.69, 9.17) is 30.6 Å². The van der Waals surface area contributed by atoms with Crippen molar-refractivity contribution in [1.82, 2.24) is 19.3 Å². The molecule has 1 unspecified atom stereocenters. The number of aromatic amines is 1. The van der Waals surface area contributed by atoms with E-state index >= 15 is 0 Å². The summed E-state index contributed by atoms with van der Waals surface area (Å²) in [5.41, 5.74) is 5.72. The maximum atomic E-state index is 12.3. The first-order valence-electron chi connectivity index (χ1n) is 13.0. The molecule has 12 heteroatoms. The second-order valence-corrected chi connectivity index (χ2v) is 13.1. The molecule has 2 fully saturated rings. The third-order valence-electron chi connectivity index (χ3n) is 7.35. The Morgan fingerprint density at radius 2 is 1.70 bits per heavy atom. The zero-order chi connectivity index (χ0) is 28.0. The molecule has 4 aromatic rings. The van der Waals surface area contributed by atoms with Crippen molar-refractivity contribution in [3.63, 3.8) is 0 Å². The molecule has 0 radical (unpaired) electrons. The van der Waals surface area contributed by atoms with E-state index in [1.54, 1.807) is 20.2 Å². The Bertz CT molecular complexity index is 1630. The van der Waals surface area contributed by atoms with Gasteiger partial charge < -0.3 is 24.3 Å². The Morgan fingerprint density at radius 3 is 2.40 bits per heavy atom. The Kier molecular flexibility index (Phi) is 7.28. The molecule has 2 aliphatic rings. The summed E-state index contributed by atoms with van der Waals surface area (Å²) in [7, 11) is 0.608. The van der Waals surface area contributed by atoms with E-state index in [0.717, 1.165) is 22.3 Å². The van der Waals surface area contributed by atoms with Gasteiger partial charge >= 0.3 is 0 Å². The average Bonchev–Trinajstić information content (AvgIpc) is 3.64. The van der Waals surface area contributed by atoms with Crippen molar-refractivity contribution in [2.75, 3.05) is 33.1 Å². The fourth-order valence-electron chi connectivity index (χ4n) is 4.97. The lowest BCUT2D eigenvalue weighted by molar-refractivity contribution is 0.00706. The van der Waals surface area contributed by atoms with Gasteiger partial charge in [0.15, 0.2) is 11.8 Å². The summed E-state index contributed by atoms with van der Waals surface area (Å²) < 4.78 is 38.9. The molecule has 2 saturated heterocycles. The number of fused-ring (bicyclic) bond motifs is 2. The van der Waals surface area contributed by atoms with Gasteiger partial charge in [-0.3, -0.25) is 0 Å². The molecule has 0 spiro atoms. The van der Waals surface area contributed by atoms with Crippen molar-refractivity contribution in [1.29, 1.82) is 4.78 Å². The number of H-pyrrole nitrogens is 1. The number of nitrogens with zero attached hydrogens (tertiary/aromatic N) is 3. The van der Waals surface area contributed by atoms with Gasteiger partial charge in [-0.25, -0.2) is 18.3 Å². The van der Waals surface area contributed by atoms with Gasteiger partial charge in [0.1, 0.15) is 28.2 Å². The van der Waals surface area contributed by atoms with E-state index < -0.39 is 16.0 Å². The van der Waals surface area contributed by atoms with Crippen LogP contribution in [-0.2, 0) is 25.8 Å². The van der Waals surface area contributed by atoms with E-state index in [2.05, 4.69) is 15.0 Å². The van der Waals surface area contributed by atoms with Crippen LogP contribution < -0.4 is 4.74 Å². The minimum absolute atomic E-state index is 0.230. The van der Waals surface area contributed by atoms with E-state index in [0.29, 0.717) is 46.7 Å². The predicted octanol–water partition coefficient (Wildman–Crippen LogP) is 3.92. The summed E-state index contributed by atoms with van der Waals surface area (Å²) in [6.07, 6.45) is -1.16. The van der Waals surface area contributed by atoms with Crippen LogP contribution in [0.15, 0.2) is 54.6 Å². The first kappa shape index (κ1) is 27.1. The summed E-state index contributed by atoms with van der Waals surface area (Å²) >= 11 is 6.61. The third-order valence-corrected chi connectivity index (χ3v) is 9.58. The lowest BCUT2D eigenvalue weighted by Gasteiger charge is -2.15. The van der Waals surface area contributed by atoms with Crippen molar-refractivity contribution in [2.45, 2.75) is 30.8 Å². The molecule has 40 heavy (non-hydrogen) atoms. The summed E-state index contributed by atoms with van der Waals surface area (Å²) in [5.74, 6) is 0.296. The van der Waals surface area contributed by atoms with Crippen molar-refractivity contribution in [2.24, 2.45) is 0 Å². The van der Waals surface area contributed by atoms with E-state index in [1.807, 2.05) is 48.5 Å². The predicted molar refractivity (Wildman–Crippen MR) is 153 cm³/mol. The number of hydrogen-bond donors (Lipinski definition) is 3. The number of aliphatic hydroxyl groups excluding tert-OH is 1. The SMILES string of the molecule is CN(C)S(=N)(=O)CCc1ccc(-c2ccc(-c3nc4nc(O[C@@H]5CO[C@H]6[C@@H]5OC[C@H]6O)[nH]c4cc3Cl)cc2)cc1. The number of rotatable bonds is 8. The number of nitrogens with one attached hydrogen (secondary N) is 2. The van der Waals surface area contributed by atoms with Gasteiger partial charge in [0.2, 0.25) is 0 Å². The number of hydrogen-bond acceptors (Lipinski definition) is 8.